The minimum atomic E-state index is -0.518. The summed E-state index contributed by atoms with van der Waals surface area (Å²) in [4.78, 5) is 24.8. The summed E-state index contributed by atoms with van der Waals surface area (Å²) in [7, 11) is 1.47. The van der Waals surface area contributed by atoms with Gasteiger partial charge in [0.2, 0.25) is 0 Å². The maximum absolute atomic E-state index is 12.4. The Hall–Kier alpha value is -4.57. The molecule has 0 bridgehead atoms. The molecule has 0 aliphatic heterocycles. The van der Waals surface area contributed by atoms with Crippen LogP contribution < -0.4 is 20.1 Å². The van der Waals surface area contributed by atoms with Gasteiger partial charge in [0.05, 0.1) is 7.11 Å². The van der Waals surface area contributed by atoms with Crippen LogP contribution in [0.1, 0.15) is 16.7 Å². The summed E-state index contributed by atoms with van der Waals surface area (Å²) in [5.41, 5.74) is 3.91. The monoisotopic (exact) mass is 455 g/mol. The Morgan fingerprint density at radius 2 is 1.74 bits per heavy atom. The number of hydrogen-bond donors (Lipinski definition) is 2. The Morgan fingerprint density at radius 3 is 2.41 bits per heavy atom. The zero-order chi connectivity index (χ0) is 24.5. The molecular weight excluding hydrogens is 430 g/mol. The van der Waals surface area contributed by atoms with E-state index < -0.39 is 5.91 Å². The average Bonchev–Trinajstić information content (AvgIpc) is 2.83. The van der Waals surface area contributed by atoms with Crippen LogP contribution in [0.4, 0.5) is 11.4 Å². The van der Waals surface area contributed by atoms with E-state index in [0.717, 1.165) is 16.8 Å². The first-order valence-electron chi connectivity index (χ1n) is 10.6. The van der Waals surface area contributed by atoms with Crippen LogP contribution in [0.2, 0.25) is 0 Å². The van der Waals surface area contributed by atoms with Gasteiger partial charge in [-0.15, -0.1) is 0 Å². The lowest BCUT2D eigenvalue weighted by molar-refractivity contribution is -0.118. The summed E-state index contributed by atoms with van der Waals surface area (Å²) >= 11 is 0. The fourth-order valence-corrected chi connectivity index (χ4v) is 3.21. The first-order valence-corrected chi connectivity index (χ1v) is 10.6. The van der Waals surface area contributed by atoms with Crippen molar-refractivity contribution in [2.45, 2.75) is 13.8 Å². The summed E-state index contributed by atoms with van der Waals surface area (Å²) in [6, 6.07) is 21.5. The zero-order valence-corrected chi connectivity index (χ0v) is 19.2. The van der Waals surface area contributed by atoms with Gasteiger partial charge in [0.1, 0.15) is 11.6 Å². The Balaban J connectivity index is 1.67. The van der Waals surface area contributed by atoms with E-state index in [-0.39, 0.29) is 18.1 Å². The van der Waals surface area contributed by atoms with Gasteiger partial charge < -0.3 is 20.1 Å². The smallest absolute Gasteiger partial charge is 0.266 e. The zero-order valence-electron chi connectivity index (χ0n) is 19.2. The maximum atomic E-state index is 12.4. The SMILES string of the molecule is COc1cc(/C=C(\C#N)C(=O)Nc2ccccc2)ccc1OCC(=O)Nc1ccc(C)cc1C. The number of nitrogens with one attached hydrogen (secondary N) is 2. The molecule has 3 rings (SSSR count). The molecule has 34 heavy (non-hydrogen) atoms. The number of anilines is 2. The molecule has 7 heteroatoms. The lowest BCUT2D eigenvalue weighted by atomic mass is 10.1. The number of rotatable bonds is 8. The van der Waals surface area contributed by atoms with Crippen LogP contribution >= 0.6 is 0 Å². The standard InChI is InChI=1S/C27H25N3O4/c1-18-9-11-23(19(2)13-18)30-26(31)17-34-24-12-10-20(15-25(24)33-3)14-21(16-28)27(32)29-22-7-5-4-6-8-22/h4-15H,17H2,1-3H3,(H,29,32)(H,30,31)/b21-14+. The summed E-state index contributed by atoms with van der Waals surface area (Å²) < 4.78 is 11.0. The van der Waals surface area contributed by atoms with Gasteiger partial charge in [-0.05, 0) is 61.4 Å². The molecule has 0 heterocycles. The number of benzene rings is 3. The fraction of sp³-hybridized carbons (Fsp3) is 0.148. The van der Waals surface area contributed by atoms with Crippen molar-refractivity contribution in [2.24, 2.45) is 0 Å². The molecule has 7 nitrogen and oxygen atoms in total. The number of aryl methyl sites for hydroxylation is 2. The van der Waals surface area contributed by atoms with Crippen molar-refractivity contribution >= 4 is 29.3 Å². The number of carbonyl (C=O) groups excluding carboxylic acids is 2. The quantitative estimate of drug-likeness (QED) is 0.373. The number of hydrogen-bond acceptors (Lipinski definition) is 5. The Bertz CT molecular complexity index is 1260. The number of carbonyl (C=O) groups is 2. The first-order chi connectivity index (χ1) is 16.4. The molecule has 0 aromatic heterocycles. The molecule has 2 N–H and O–H groups in total. The minimum absolute atomic E-state index is 0.0626. The van der Waals surface area contributed by atoms with Gasteiger partial charge >= 0.3 is 0 Å². The highest BCUT2D eigenvalue weighted by atomic mass is 16.5. The second-order valence-electron chi connectivity index (χ2n) is 7.56. The summed E-state index contributed by atoms with van der Waals surface area (Å²) in [5, 5.41) is 14.9. The third-order valence-electron chi connectivity index (χ3n) is 4.91. The number of methoxy groups -OCH3 is 1. The highest BCUT2D eigenvalue weighted by molar-refractivity contribution is 6.09. The number of amides is 2. The second-order valence-corrected chi connectivity index (χ2v) is 7.56. The molecule has 0 spiro atoms. The van der Waals surface area contributed by atoms with E-state index in [1.165, 1.54) is 13.2 Å². The molecular formula is C27H25N3O4. The van der Waals surface area contributed by atoms with Gasteiger partial charge in [0.15, 0.2) is 18.1 Å². The number of nitriles is 1. The van der Waals surface area contributed by atoms with Crippen molar-refractivity contribution in [2.75, 3.05) is 24.4 Å². The summed E-state index contributed by atoms with van der Waals surface area (Å²) in [6.07, 6.45) is 1.46. The van der Waals surface area contributed by atoms with Gasteiger partial charge in [-0.3, -0.25) is 9.59 Å². The van der Waals surface area contributed by atoms with Gasteiger partial charge in [-0.1, -0.05) is 42.0 Å². The summed E-state index contributed by atoms with van der Waals surface area (Å²) in [5.74, 6) is -0.0881. The van der Waals surface area contributed by atoms with Gasteiger partial charge in [0, 0.05) is 11.4 Å². The third-order valence-corrected chi connectivity index (χ3v) is 4.91. The topological polar surface area (TPSA) is 100 Å². The van der Waals surface area contributed by atoms with E-state index >= 15 is 0 Å². The van der Waals surface area contributed by atoms with Crippen molar-refractivity contribution in [1.29, 1.82) is 5.26 Å². The number of nitrogens with zero attached hydrogens (tertiary/aromatic N) is 1. The van der Waals surface area contributed by atoms with Crippen LogP contribution in [0, 0.1) is 25.2 Å². The van der Waals surface area contributed by atoms with E-state index in [9.17, 15) is 14.9 Å². The van der Waals surface area contributed by atoms with Crippen molar-refractivity contribution < 1.29 is 19.1 Å². The van der Waals surface area contributed by atoms with Crippen LogP contribution in [-0.4, -0.2) is 25.5 Å². The molecule has 0 fully saturated rings. The first kappa shape index (κ1) is 24.1. The molecule has 0 atom stereocenters. The fourth-order valence-electron chi connectivity index (χ4n) is 3.21. The normalized spacial score (nSPS) is 10.7. The highest BCUT2D eigenvalue weighted by Gasteiger charge is 2.12. The minimum Gasteiger partial charge on any atom is -0.493 e. The van der Waals surface area contributed by atoms with Crippen molar-refractivity contribution in [3.05, 3.63) is 89.0 Å². The molecule has 3 aromatic carbocycles. The number of para-hydroxylation sites is 1. The van der Waals surface area contributed by atoms with E-state index in [1.807, 2.05) is 44.2 Å². The molecule has 0 aliphatic carbocycles. The Morgan fingerprint density at radius 1 is 0.971 bits per heavy atom. The van der Waals surface area contributed by atoms with Crippen LogP contribution in [-0.2, 0) is 9.59 Å². The predicted molar refractivity (Wildman–Crippen MR) is 132 cm³/mol. The molecule has 0 saturated heterocycles. The Kier molecular flexibility index (Phi) is 8.03. The van der Waals surface area contributed by atoms with Crippen molar-refractivity contribution in [3.8, 4) is 17.6 Å². The second kappa shape index (κ2) is 11.3. The van der Waals surface area contributed by atoms with Crippen LogP contribution in [0.5, 0.6) is 11.5 Å². The molecule has 172 valence electrons. The molecule has 3 aromatic rings. The van der Waals surface area contributed by atoms with Crippen LogP contribution in [0.15, 0.2) is 72.3 Å². The lowest BCUT2D eigenvalue weighted by Crippen LogP contribution is -2.20. The van der Waals surface area contributed by atoms with Crippen molar-refractivity contribution in [1.82, 2.24) is 0 Å². The molecule has 0 radical (unpaired) electrons. The third kappa shape index (κ3) is 6.47. The molecule has 0 saturated carbocycles. The summed E-state index contributed by atoms with van der Waals surface area (Å²) in [6.45, 7) is 3.71. The largest absolute Gasteiger partial charge is 0.493 e. The predicted octanol–water partition coefficient (Wildman–Crippen LogP) is 4.88. The lowest BCUT2D eigenvalue weighted by Gasteiger charge is -2.13. The highest BCUT2D eigenvalue weighted by Crippen LogP contribution is 2.29. The molecule has 0 unspecified atom stereocenters. The Labute approximate surface area is 198 Å². The van der Waals surface area contributed by atoms with E-state index in [4.69, 9.17) is 9.47 Å². The van der Waals surface area contributed by atoms with Crippen LogP contribution in [0.25, 0.3) is 6.08 Å². The van der Waals surface area contributed by atoms with Crippen molar-refractivity contribution in [3.63, 3.8) is 0 Å². The van der Waals surface area contributed by atoms with Gasteiger partial charge in [0.25, 0.3) is 11.8 Å². The average molecular weight is 456 g/mol. The van der Waals surface area contributed by atoms with E-state index in [2.05, 4.69) is 10.6 Å². The van der Waals surface area contributed by atoms with E-state index in [0.29, 0.717) is 22.7 Å². The van der Waals surface area contributed by atoms with Gasteiger partial charge in [-0.25, -0.2) is 0 Å². The van der Waals surface area contributed by atoms with Crippen LogP contribution in [0.3, 0.4) is 0 Å². The number of ether oxygens (including phenoxy) is 2. The molecule has 2 amide bonds. The maximum Gasteiger partial charge on any atom is 0.266 e. The van der Waals surface area contributed by atoms with E-state index in [1.54, 1.807) is 42.5 Å². The van der Waals surface area contributed by atoms with Gasteiger partial charge in [-0.2, -0.15) is 5.26 Å². The molecule has 0 aliphatic rings.